The van der Waals surface area contributed by atoms with Gasteiger partial charge in [-0.25, -0.2) is 0 Å². The smallest absolute Gasteiger partial charge is 0.153 e. The van der Waals surface area contributed by atoms with Crippen LogP contribution >= 0.6 is 11.6 Å². The lowest BCUT2D eigenvalue weighted by atomic mass is 10.1. The summed E-state index contributed by atoms with van der Waals surface area (Å²) in [5.74, 6) is 0.0299. The molecule has 0 radical (unpaired) electrons. The Morgan fingerprint density at radius 2 is 2.31 bits per heavy atom. The molecule has 0 amide bonds. The van der Waals surface area contributed by atoms with E-state index in [1.54, 1.807) is 19.1 Å². The van der Waals surface area contributed by atoms with E-state index in [0.29, 0.717) is 11.4 Å². The second-order valence-corrected chi connectivity index (χ2v) is 3.50. The maximum absolute atomic E-state index is 11.3. The number of hydrogen-bond donors (Lipinski definition) is 1. The Kier molecular flexibility index (Phi) is 3.46. The molecule has 0 fully saturated rings. The molecule has 0 bridgehead atoms. The first-order valence-corrected chi connectivity index (χ1v) is 4.50. The molecule has 0 saturated heterocycles. The summed E-state index contributed by atoms with van der Waals surface area (Å²) in [6.45, 7) is 1.69. The van der Waals surface area contributed by atoms with Crippen LogP contribution in [0.2, 0.25) is 5.02 Å². The van der Waals surface area contributed by atoms with Gasteiger partial charge in [0.25, 0.3) is 0 Å². The van der Waals surface area contributed by atoms with E-state index in [1.807, 2.05) is 12.1 Å². The maximum Gasteiger partial charge on any atom is 0.153 e. The van der Waals surface area contributed by atoms with Crippen molar-refractivity contribution < 1.29 is 4.79 Å². The molecule has 0 aliphatic heterocycles. The van der Waals surface area contributed by atoms with E-state index >= 15 is 0 Å². The summed E-state index contributed by atoms with van der Waals surface area (Å²) >= 11 is 5.77. The van der Waals surface area contributed by atoms with Gasteiger partial charge in [0.05, 0.1) is 6.04 Å². The van der Waals surface area contributed by atoms with Gasteiger partial charge in [0, 0.05) is 11.4 Å². The summed E-state index contributed by atoms with van der Waals surface area (Å²) in [5, 5.41) is 0.648. The Morgan fingerprint density at radius 1 is 1.62 bits per heavy atom. The monoisotopic (exact) mass is 197 g/mol. The molecule has 0 saturated carbocycles. The van der Waals surface area contributed by atoms with Gasteiger partial charge in [-0.3, -0.25) is 4.79 Å². The van der Waals surface area contributed by atoms with E-state index < -0.39 is 6.04 Å². The third-order valence-corrected chi connectivity index (χ3v) is 2.01. The van der Waals surface area contributed by atoms with Crippen molar-refractivity contribution in [3.8, 4) is 0 Å². The molecule has 1 rings (SSSR count). The summed E-state index contributed by atoms with van der Waals surface area (Å²) in [6, 6.07) is 6.85. The summed E-state index contributed by atoms with van der Waals surface area (Å²) in [4.78, 5) is 11.3. The molecule has 0 spiro atoms. The quantitative estimate of drug-likeness (QED) is 0.803. The highest BCUT2D eigenvalue weighted by Crippen LogP contribution is 2.11. The van der Waals surface area contributed by atoms with Crippen LogP contribution in [0.25, 0.3) is 0 Å². The lowest BCUT2D eigenvalue weighted by Crippen LogP contribution is -2.28. The van der Waals surface area contributed by atoms with Crippen LogP contribution in [0, 0.1) is 0 Å². The number of carbonyl (C=O) groups is 1. The topological polar surface area (TPSA) is 43.1 Å². The Bertz CT molecular complexity index is 310. The summed E-state index contributed by atoms with van der Waals surface area (Å²) in [7, 11) is 0. The third kappa shape index (κ3) is 3.17. The second-order valence-electron chi connectivity index (χ2n) is 3.06. The zero-order chi connectivity index (χ0) is 9.84. The molecule has 3 heteroatoms. The van der Waals surface area contributed by atoms with Crippen LogP contribution in [0.15, 0.2) is 24.3 Å². The molecule has 2 N–H and O–H groups in total. The van der Waals surface area contributed by atoms with Gasteiger partial charge in [-0.15, -0.1) is 0 Å². The number of rotatable bonds is 3. The number of ketones is 1. The minimum absolute atomic E-state index is 0.0299. The van der Waals surface area contributed by atoms with Crippen LogP contribution in [-0.2, 0) is 11.2 Å². The van der Waals surface area contributed by atoms with E-state index in [9.17, 15) is 4.79 Å². The van der Waals surface area contributed by atoms with Crippen LogP contribution in [-0.4, -0.2) is 11.8 Å². The number of halogens is 1. The molecular weight excluding hydrogens is 186 g/mol. The predicted octanol–water partition coefficient (Wildman–Crippen LogP) is 1.80. The molecule has 0 aliphatic rings. The molecule has 0 aromatic heterocycles. The van der Waals surface area contributed by atoms with Gasteiger partial charge in [-0.05, 0) is 24.6 Å². The van der Waals surface area contributed by atoms with Crippen LogP contribution in [0.4, 0.5) is 0 Å². The summed E-state index contributed by atoms with van der Waals surface area (Å²) in [5.41, 5.74) is 6.35. The molecule has 13 heavy (non-hydrogen) atoms. The molecule has 1 aromatic rings. The Hall–Kier alpha value is -0.860. The normalized spacial score (nSPS) is 12.5. The number of Topliss-reactive ketones (excluding diaryl/α,β-unsaturated/α-hetero) is 1. The van der Waals surface area contributed by atoms with E-state index in [4.69, 9.17) is 17.3 Å². The van der Waals surface area contributed by atoms with Gasteiger partial charge >= 0.3 is 0 Å². The number of nitrogens with two attached hydrogens (primary N) is 1. The highest BCUT2D eigenvalue weighted by Gasteiger charge is 2.08. The fourth-order valence-electron chi connectivity index (χ4n) is 1.01. The zero-order valence-electron chi connectivity index (χ0n) is 7.46. The van der Waals surface area contributed by atoms with Crippen LogP contribution in [0.3, 0.4) is 0 Å². The minimum atomic E-state index is -0.404. The Morgan fingerprint density at radius 3 is 2.85 bits per heavy atom. The average molecular weight is 198 g/mol. The van der Waals surface area contributed by atoms with Crippen molar-refractivity contribution in [1.29, 1.82) is 0 Å². The standard InChI is InChI=1S/C10H12ClNO/c1-7(12)10(13)6-8-3-2-4-9(11)5-8/h2-5,7H,6,12H2,1H3. The van der Waals surface area contributed by atoms with E-state index in [0.717, 1.165) is 5.56 Å². The Balaban J connectivity index is 2.69. The first kappa shape index (κ1) is 10.2. The summed E-state index contributed by atoms with van der Waals surface area (Å²) in [6.07, 6.45) is 0.359. The van der Waals surface area contributed by atoms with Crippen LogP contribution in [0.1, 0.15) is 12.5 Å². The third-order valence-electron chi connectivity index (χ3n) is 1.78. The van der Waals surface area contributed by atoms with Crippen molar-refractivity contribution in [3.63, 3.8) is 0 Å². The van der Waals surface area contributed by atoms with Gasteiger partial charge in [0.1, 0.15) is 0 Å². The fraction of sp³-hybridized carbons (Fsp3) is 0.300. The van der Waals surface area contributed by atoms with Gasteiger partial charge in [-0.2, -0.15) is 0 Å². The van der Waals surface area contributed by atoms with Crippen molar-refractivity contribution in [2.75, 3.05) is 0 Å². The van der Waals surface area contributed by atoms with Crippen LogP contribution in [0.5, 0.6) is 0 Å². The molecular formula is C10H12ClNO. The number of benzene rings is 1. The average Bonchev–Trinajstić information content (AvgIpc) is 2.04. The SMILES string of the molecule is CC(N)C(=O)Cc1cccc(Cl)c1. The maximum atomic E-state index is 11.3. The lowest BCUT2D eigenvalue weighted by molar-refractivity contribution is -0.119. The predicted molar refractivity (Wildman–Crippen MR) is 53.8 cm³/mol. The minimum Gasteiger partial charge on any atom is -0.322 e. The molecule has 0 aliphatic carbocycles. The van der Waals surface area contributed by atoms with Crippen molar-refractivity contribution in [3.05, 3.63) is 34.9 Å². The van der Waals surface area contributed by atoms with E-state index in [2.05, 4.69) is 0 Å². The zero-order valence-corrected chi connectivity index (χ0v) is 8.21. The van der Waals surface area contributed by atoms with E-state index in [-0.39, 0.29) is 5.78 Å². The molecule has 1 unspecified atom stereocenters. The van der Waals surface area contributed by atoms with E-state index in [1.165, 1.54) is 0 Å². The molecule has 0 heterocycles. The highest BCUT2D eigenvalue weighted by atomic mass is 35.5. The van der Waals surface area contributed by atoms with Gasteiger partial charge in [0.2, 0.25) is 0 Å². The summed E-state index contributed by atoms with van der Waals surface area (Å²) < 4.78 is 0. The fourth-order valence-corrected chi connectivity index (χ4v) is 1.22. The number of carbonyl (C=O) groups excluding carboxylic acids is 1. The van der Waals surface area contributed by atoms with Crippen molar-refractivity contribution in [2.24, 2.45) is 5.73 Å². The Labute approximate surface area is 82.7 Å². The van der Waals surface area contributed by atoms with Crippen molar-refractivity contribution >= 4 is 17.4 Å². The van der Waals surface area contributed by atoms with Gasteiger partial charge < -0.3 is 5.73 Å². The van der Waals surface area contributed by atoms with Crippen molar-refractivity contribution in [1.82, 2.24) is 0 Å². The molecule has 2 nitrogen and oxygen atoms in total. The second kappa shape index (κ2) is 4.40. The molecule has 1 aromatic carbocycles. The van der Waals surface area contributed by atoms with Gasteiger partial charge in [-0.1, -0.05) is 23.7 Å². The van der Waals surface area contributed by atoms with Gasteiger partial charge in [0.15, 0.2) is 5.78 Å². The lowest BCUT2D eigenvalue weighted by Gasteiger charge is -2.04. The first-order valence-electron chi connectivity index (χ1n) is 4.12. The molecule has 70 valence electrons. The van der Waals surface area contributed by atoms with Crippen molar-refractivity contribution in [2.45, 2.75) is 19.4 Å². The van der Waals surface area contributed by atoms with Crippen LogP contribution < -0.4 is 5.73 Å². The number of hydrogen-bond acceptors (Lipinski definition) is 2. The largest absolute Gasteiger partial charge is 0.322 e. The highest BCUT2D eigenvalue weighted by molar-refractivity contribution is 6.30. The first-order chi connectivity index (χ1) is 6.09. The molecule has 1 atom stereocenters.